The minimum Gasteiger partial charge on any atom is -0.278 e. The van der Waals surface area contributed by atoms with E-state index in [-0.39, 0.29) is 5.25 Å². The molecule has 3 rings (SSSR count). The molecule has 102 valence electrons. The van der Waals surface area contributed by atoms with E-state index in [1.807, 2.05) is 16.7 Å². The first-order valence-electron chi connectivity index (χ1n) is 5.85. The predicted molar refractivity (Wildman–Crippen MR) is 79.0 cm³/mol. The summed E-state index contributed by atoms with van der Waals surface area (Å²) in [7, 11) is -2.81. The molecule has 0 radical (unpaired) electrons. The van der Waals surface area contributed by atoms with Gasteiger partial charge in [-0.15, -0.1) is 0 Å². The van der Waals surface area contributed by atoms with Crippen molar-refractivity contribution in [3.63, 3.8) is 0 Å². The lowest BCUT2D eigenvalue weighted by Crippen LogP contribution is -2.06. The Labute approximate surface area is 123 Å². The summed E-state index contributed by atoms with van der Waals surface area (Å²) < 4.78 is 25.6. The summed E-state index contributed by atoms with van der Waals surface area (Å²) in [5, 5.41) is 0.190. The Morgan fingerprint density at radius 3 is 3.05 bits per heavy atom. The zero-order valence-corrected chi connectivity index (χ0v) is 13.2. The number of imidazole rings is 1. The summed E-state index contributed by atoms with van der Waals surface area (Å²) >= 11 is 5.17. The third-order valence-corrected chi connectivity index (χ3v) is 7.19. The van der Waals surface area contributed by atoms with Gasteiger partial charge in [-0.3, -0.25) is 4.40 Å². The molecule has 2 aromatic heterocycles. The Kier molecular flexibility index (Phi) is 3.57. The Balaban J connectivity index is 1.74. The number of fused-ring (bicyclic) bond motifs is 1. The Bertz CT molecular complexity index is 714. The number of nitrogens with zero attached hydrogens (tertiary/aromatic N) is 3. The van der Waals surface area contributed by atoms with Crippen LogP contribution in [0.1, 0.15) is 12.1 Å². The molecule has 0 saturated carbocycles. The molecule has 19 heavy (non-hydrogen) atoms. The van der Waals surface area contributed by atoms with Crippen LogP contribution in [-0.2, 0) is 15.6 Å². The van der Waals surface area contributed by atoms with E-state index in [1.165, 1.54) is 0 Å². The van der Waals surface area contributed by atoms with E-state index >= 15 is 0 Å². The van der Waals surface area contributed by atoms with E-state index in [0.29, 0.717) is 23.0 Å². The molecule has 1 unspecified atom stereocenters. The number of hydrogen-bond donors (Lipinski definition) is 0. The minimum atomic E-state index is -2.81. The van der Waals surface area contributed by atoms with Gasteiger partial charge in [0.25, 0.3) is 0 Å². The molecule has 0 aliphatic carbocycles. The highest BCUT2D eigenvalue weighted by Crippen LogP contribution is 2.29. The first kappa shape index (κ1) is 13.4. The fraction of sp³-hybridized carbons (Fsp3) is 0.455. The van der Waals surface area contributed by atoms with Gasteiger partial charge in [0.05, 0.1) is 17.2 Å². The topological polar surface area (TPSA) is 64.3 Å². The van der Waals surface area contributed by atoms with Gasteiger partial charge in [-0.25, -0.2) is 18.4 Å². The van der Waals surface area contributed by atoms with E-state index in [2.05, 4.69) is 25.9 Å². The van der Waals surface area contributed by atoms with Gasteiger partial charge in [-0.2, -0.15) is 11.8 Å². The second kappa shape index (κ2) is 5.06. The van der Waals surface area contributed by atoms with Gasteiger partial charge in [-0.05, 0) is 28.4 Å². The van der Waals surface area contributed by atoms with Crippen molar-refractivity contribution in [2.24, 2.45) is 0 Å². The molecule has 0 spiro atoms. The monoisotopic (exact) mass is 361 g/mol. The van der Waals surface area contributed by atoms with Crippen molar-refractivity contribution < 1.29 is 8.42 Å². The summed E-state index contributed by atoms with van der Waals surface area (Å²) in [5.74, 6) is 1.97. The second-order valence-corrected chi connectivity index (χ2v) is 8.74. The molecular formula is C11H12BrN3O2S2. The molecule has 8 heteroatoms. The maximum Gasteiger partial charge on any atom is 0.234 e. The summed E-state index contributed by atoms with van der Waals surface area (Å²) in [4.78, 5) is 8.63. The Hall–Kier alpha value is -0.600. The lowest BCUT2D eigenvalue weighted by Gasteiger charge is -2.05. The number of thioether (sulfide) groups is 1. The summed E-state index contributed by atoms with van der Waals surface area (Å²) in [6.45, 7) is 0. The zero-order chi connectivity index (χ0) is 13.5. The quantitative estimate of drug-likeness (QED) is 0.835. The van der Waals surface area contributed by atoms with Crippen LogP contribution in [0.15, 0.2) is 23.1 Å². The van der Waals surface area contributed by atoms with E-state index in [4.69, 9.17) is 0 Å². The molecule has 0 amide bonds. The van der Waals surface area contributed by atoms with E-state index in [1.54, 1.807) is 18.0 Å². The van der Waals surface area contributed by atoms with E-state index in [9.17, 15) is 8.42 Å². The second-order valence-electron chi connectivity index (χ2n) is 4.48. The lowest BCUT2D eigenvalue weighted by molar-refractivity contribution is 0.602. The van der Waals surface area contributed by atoms with Gasteiger partial charge in [0, 0.05) is 23.4 Å². The van der Waals surface area contributed by atoms with Crippen molar-refractivity contribution in [2.45, 2.75) is 17.4 Å². The van der Waals surface area contributed by atoms with Crippen LogP contribution >= 0.6 is 27.7 Å². The molecule has 3 heterocycles. The zero-order valence-electron chi connectivity index (χ0n) is 9.99. The molecule has 1 aliphatic rings. The van der Waals surface area contributed by atoms with Crippen molar-refractivity contribution >= 4 is 43.3 Å². The van der Waals surface area contributed by atoms with Crippen molar-refractivity contribution in [1.29, 1.82) is 0 Å². The highest BCUT2D eigenvalue weighted by molar-refractivity contribution is 9.10. The van der Waals surface area contributed by atoms with Gasteiger partial charge >= 0.3 is 0 Å². The number of aromatic nitrogens is 3. The first-order chi connectivity index (χ1) is 9.05. The average molecular weight is 362 g/mol. The predicted octanol–water partition coefficient (Wildman–Crippen LogP) is 1.91. The van der Waals surface area contributed by atoms with E-state index in [0.717, 1.165) is 16.7 Å². The SMILES string of the molecule is O=S1(=O)CCC(SCc2nc3ncccn3c2Br)C1. The van der Waals surface area contributed by atoms with Crippen molar-refractivity contribution in [2.75, 3.05) is 11.5 Å². The van der Waals surface area contributed by atoms with Crippen molar-refractivity contribution in [3.8, 4) is 0 Å². The van der Waals surface area contributed by atoms with Gasteiger partial charge in [-0.1, -0.05) is 0 Å². The van der Waals surface area contributed by atoms with Gasteiger partial charge < -0.3 is 0 Å². The van der Waals surface area contributed by atoms with Crippen molar-refractivity contribution in [3.05, 3.63) is 28.8 Å². The standard InChI is InChI=1S/C11H12BrN3O2S2/c12-10-9(14-11-13-3-1-4-15(10)11)6-18-8-2-5-19(16,17)7-8/h1,3-4,8H,2,5-7H2. The van der Waals surface area contributed by atoms with Crippen LogP contribution in [0.3, 0.4) is 0 Å². The normalized spacial score (nSPS) is 22.1. The summed E-state index contributed by atoms with van der Waals surface area (Å²) in [6, 6.07) is 1.85. The largest absolute Gasteiger partial charge is 0.278 e. The molecule has 1 saturated heterocycles. The summed E-state index contributed by atoms with van der Waals surface area (Å²) in [6.07, 6.45) is 4.35. The maximum atomic E-state index is 11.4. The smallest absolute Gasteiger partial charge is 0.234 e. The Morgan fingerprint density at radius 1 is 1.53 bits per heavy atom. The first-order valence-corrected chi connectivity index (χ1v) is 9.51. The van der Waals surface area contributed by atoms with Crippen LogP contribution in [-0.4, -0.2) is 39.5 Å². The van der Waals surface area contributed by atoms with Crippen molar-refractivity contribution in [1.82, 2.24) is 14.4 Å². The van der Waals surface area contributed by atoms with Crippen LogP contribution in [0.5, 0.6) is 0 Å². The number of rotatable bonds is 3. The lowest BCUT2D eigenvalue weighted by atomic mass is 10.4. The minimum absolute atomic E-state index is 0.190. The van der Waals surface area contributed by atoms with Gasteiger partial charge in [0.1, 0.15) is 4.60 Å². The highest BCUT2D eigenvalue weighted by Gasteiger charge is 2.28. The Morgan fingerprint density at radius 2 is 2.37 bits per heavy atom. The third kappa shape index (κ3) is 2.80. The van der Waals surface area contributed by atoms with Gasteiger partial charge in [0.15, 0.2) is 9.84 Å². The van der Waals surface area contributed by atoms with Gasteiger partial charge in [0.2, 0.25) is 5.78 Å². The van der Waals surface area contributed by atoms with Crippen LogP contribution in [0, 0.1) is 0 Å². The van der Waals surface area contributed by atoms with Crippen LogP contribution < -0.4 is 0 Å². The molecular weight excluding hydrogens is 350 g/mol. The molecule has 5 nitrogen and oxygen atoms in total. The molecule has 0 aromatic carbocycles. The molecule has 1 fully saturated rings. The fourth-order valence-corrected chi connectivity index (χ4v) is 6.36. The number of halogens is 1. The third-order valence-electron chi connectivity index (χ3n) is 3.06. The van der Waals surface area contributed by atoms with E-state index < -0.39 is 9.84 Å². The van der Waals surface area contributed by atoms with Crippen LogP contribution in [0.4, 0.5) is 0 Å². The molecule has 0 N–H and O–H groups in total. The fourth-order valence-electron chi connectivity index (χ4n) is 2.09. The van der Waals surface area contributed by atoms with Crippen LogP contribution in [0.25, 0.3) is 5.78 Å². The molecule has 1 aliphatic heterocycles. The average Bonchev–Trinajstić information content (AvgIpc) is 2.88. The molecule has 1 atom stereocenters. The number of hydrogen-bond acceptors (Lipinski definition) is 5. The number of sulfone groups is 1. The highest BCUT2D eigenvalue weighted by atomic mass is 79.9. The van der Waals surface area contributed by atoms with Crippen LogP contribution in [0.2, 0.25) is 0 Å². The maximum absolute atomic E-state index is 11.4. The summed E-state index contributed by atoms with van der Waals surface area (Å²) in [5.41, 5.74) is 0.910. The molecule has 0 bridgehead atoms. The molecule has 2 aromatic rings.